The van der Waals surface area contributed by atoms with Gasteiger partial charge < -0.3 is 10.5 Å². The van der Waals surface area contributed by atoms with Gasteiger partial charge in [0.25, 0.3) is 0 Å². The van der Waals surface area contributed by atoms with Gasteiger partial charge in [-0.2, -0.15) is 0 Å². The molecule has 1 amide bonds. The molecule has 0 saturated heterocycles. The predicted molar refractivity (Wildman–Crippen MR) is 104 cm³/mol. The Kier molecular flexibility index (Phi) is 5.52. The molecule has 1 aliphatic heterocycles. The van der Waals surface area contributed by atoms with Gasteiger partial charge in [0.15, 0.2) is 0 Å². The zero-order chi connectivity index (χ0) is 19.6. The number of ether oxygens (including phenoxy) is 1. The monoisotopic (exact) mass is 409 g/mol. The van der Waals surface area contributed by atoms with E-state index in [0.717, 1.165) is 5.56 Å². The molecule has 0 fully saturated rings. The van der Waals surface area contributed by atoms with Crippen molar-refractivity contribution in [2.24, 2.45) is 0 Å². The molecule has 0 spiro atoms. The van der Waals surface area contributed by atoms with Gasteiger partial charge in [0.2, 0.25) is 11.1 Å². The van der Waals surface area contributed by atoms with Gasteiger partial charge in [-0.15, -0.1) is 11.6 Å². The molecule has 10 heteroatoms. The second-order valence-electron chi connectivity index (χ2n) is 6.12. The van der Waals surface area contributed by atoms with E-state index >= 15 is 0 Å². The number of hydrogen-bond acceptors (Lipinski definition) is 7. The van der Waals surface area contributed by atoms with Crippen LogP contribution in [-0.2, 0) is 27.5 Å². The molecule has 0 aliphatic carbocycles. The summed E-state index contributed by atoms with van der Waals surface area (Å²) in [6.45, 7) is 0.284. The second kappa shape index (κ2) is 7.69. The van der Waals surface area contributed by atoms with Crippen LogP contribution in [0.15, 0.2) is 29.4 Å². The lowest BCUT2D eigenvalue weighted by Gasteiger charge is -2.18. The first-order valence-electron chi connectivity index (χ1n) is 8.28. The number of hydrogen-bond donors (Lipinski definition) is 2. The van der Waals surface area contributed by atoms with Crippen LogP contribution >= 0.6 is 11.6 Å². The summed E-state index contributed by atoms with van der Waals surface area (Å²) in [6, 6.07) is 7.31. The van der Waals surface area contributed by atoms with Crippen molar-refractivity contribution in [1.29, 1.82) is 4.78 Å². The first-order valence-corrected chi connectivity index (χ1v) is 10.5. The van der Waals surface area contributed by atoms with E-state index in [9.17, 15) is 9.00 Å². The van der Waals surface area contributed by atoms with Gasteiger partial charge in [-0.05, 0) is 24.1 Å². The maximum atomic E-state index is 12.6. The smallest absolute Gasteiger partial charge is 0.233 e. The lowest BCUT2D eigenvalue weighted by molar-refractivity contribution is -0.117. The summed E-state index contributed by atoms with van der Waals surface area (Å²) in [5.74, 6) is 1.29. The lowest BCUT2D eigenvalue weighted by atomic mass is 10.2. The summed E-state index contributed by atoms with van der Waals surface area (Å²) < 4.78 is 25.8. The van der Waals surface area contributed by atoms with Crippen molar-refractivity contribution in [2.75, 3.05) is 29.4 Å². The minimum atomic E-state index is -3.23. The Morgan fingerprint density at radius 2 is 2.04 bits per heavy atom. The summed E-state index contributed by atoms with van der Waals surface area (Å²) in [6.07, 6.45) is 0.483. The number of nitrogens with one attached hydrogen (secondary N) is 1. The molecule has 0 bridgehead atoms. The van der Waals surface area contributed by atoms with Crippen molar-refractivity contribution in [1.82, 2.24) is 9.97 Å². The largest absolute Gasteiger partial charge is 0.497 e. The number of carbonyl (C=O) groups excluding carboxylic acids is 1. The Morgan fingerprint density at radius 3 is 2.67 bits per heavy atom. The standard InChI is InChI=1S/C17H20ClN5O3S/c1-26-12-5-3-11(4-6-12)10-23-14(24)9-13-15(19)21-17(22-16(13)23)27(20,25)8-2-7-18/h3-6,20H,2,7-10H2,1H3,(H2,19,21,22). The van der Waals surface area contributed by atoms with Crippen molar-refractivity contribution in [3.8, 4) is 5.75 Å². The summed E-state index contributed by atoms with van der Waals surface area (Å²) >= 11 is 5.64. The number of halogens is 1. The Hall–Kier alpha value is -2.39. The maximum absolute atomic E-state index is 12.6. The highest BCUT2D eigenvalue weighted by Gasteiger charge is 2.33. The van der Waals surface area contributed by atoms with E-state index in [1.165, 1.54) is 4.90 Å². The van der Waals surface area contributed by atoms with Gasteiger partial charge in [-0.25, -0.2) is 19.0 Å². The van der Waals surface area contributed by atoms with Crippen molar-refractivity contribution in [2.45, 2.75) is 24.5 Å². The van der Waals surface area contributed by atoms with Crippen LogP contribution < -0.4 is 15.4 Å². The number of alkyl halides is 1. The van der Waals surface area contributed by atoms with Gasteiger partial charge in [0.05, 0.1) is 20.1 Å². The Balaban J connectivity index is 1.95. The van der Waals surface area contributed by atoms with E-state index in [0.29, 0.717) is 29.4 Å². The molecule has 144 valence electrons. The van der Waals surface area contributed by atoms with Gasteiger partial charge in [-0.3, -0.25) is 9.69 Å². The fourth-order valence-corrected chi connectivity index (χ4v) is 4.30. The average molecular weight is 410 g/mol. The number of carbonyl (C=O) groups is 1. The van der Waals surface area contributed by atoms with E-state index in [1.54, 1.807) is 19.2 Å². The van der Waals surface area contributed by atoms with Crippen LogP contribution in [0.1, 0.15) is 17.5 Å². The fraction of sp³-hybridized carbons (Fsp3) is 0.353. The molecule has 1 aromatic carbocycles. The Bertz CT molecular complexity index is 963. The third-order valence-corrected chi connectivity index (χ3v) is 6.14. The molecule has 2 aromatic rings. The van der Waals surface area contributed by atoms with Crippen LogP contribution in [-0.4, -0.2) is 38.8 Å². The number of fused-ring (bicyclic) bond motifs is 1. The highest BCUT2D eigenvalue weighted by atomic mass is 35.5. The number of nitrogen functional groups attached to an aromatic ring is 1. The molecule has 0 radical (unpaired) electrons. The van der Waals surface area contributed by atoms with E-state index in [1.807, 2.05) is 12.1 Å². The van der Waals surface area contributed by atoms with Gasteiger partial charge in [0, 0.05) is 17.2 Å². The topological polar surface area (TPSA) is 122 Å². The minimum absolute atomic E-state index is 0.0428. The third-order valence-electron chi connectivity index (χ3n) is 4.24. The molecule has 2 heterocycles. The van der Waals surface area contributed by atoms with Crippen LogP contribution in [0.3, 0.4) is 0 Å². The average Bonchev–Trinajstić information content (AvgIpc) is 2.97. The summed E-state index contributed by atoms with van der Waals surface area (Å²) in [5.41, 5.74) is 7.36. The maximum Gasteiger partial charge on any atom is 0.233 e. The highest BCUT2D eigenvalue weighted by Crippen LogP contribution is 2.33. The summed E-state index contributed by atoms with van der Waals surface area (Å²) in [5, 5.41) is -0.154. The van der Waals surface area contributed by atoms with Gasteiger partial charge in [0.1, 0.15) is 27.1 Å². The molecule has 1 unspecified atom stereocenters. The third kappa shape index (κ3) is 3.98. The van der Waals surface area contributed by atoms with Crippen molar-refractivity contribution >= 4 is 38.9 Å². The summed E-state index contributed by atoms with van der Waals surface area (Å²) in [7, 11) is -1.65. The number of nitrogens with zero attached hydrogens (tertiary/aromatic N) is 3. The number of aromatic nitrogens is 2. The minimum Gasteiger partial charge on any atom is -0.497 e. The van der Waals surface area contributed by atoms with Crippen LogP contribution in [0.4, 0.5) is 11.6 Å². The highest BCUT2D eigenvalue weighted by molar-refractivity contribution is 7.92. The van der Waals surface area contributed by atoms with E-state index in [-0.39, 0.29) is 35.6 Å². The molecule has 1 aliphatic rings. The first kappa shape index (κ1) is 19.4. The molecule has 27 heavy (non-hydrogen) atoms. The molecule has 0 saturated carbocycles. The molecular formula is C17H20ClN5O3S. The van der Waals surface area contributed by atoms with Crippen LogP contribution in [0.2, 0.25) is 0 Å². The number of anilines is 2. The van der Waals surface area contributed by atoms with Gasteiger partial charge in [-0.1, -0.05) is 12.1 Å². The van der Waals surface area contributed by atoms with E-state index in [4.69, 9.17) is 26.9 Å². The number of amides is 1. The first-order chi connectivity index (χ1) is 12.9. The quantitative estimate of drug-likeness (QED) is 0.533. The van der Waals surface area contributed by atoms with Crippen molar-refractivity contribution < 1.29 is 13.7 Å². The van der Waals surface area contributed by atoms with Crippen LogP contribution in [0.5, 0.6) is 5.75 Å². The SMILES string of the molecule is COc1ccc(CN2C(=O)Cc3c(N)nc(S(=N)(=O)CCCCl)nc32)cc1. The molecule has 8 nitrogen and oxygen atoms in total. The molecular weight excluding hydrogens is 390 g/mol. The molecule has 1 atom stereocenters. The number of methoxy groups -OCH3 is 1. The van der Waals surface area contributed by atoms with E-state index < -0.39 is 9.73 Å². The molecule has 3 rings (SSSR count). The second-order valence-corrected chi connectivity index (χ2v) is 8.62. The molecule has 1 aromatic heterocycles. The normalized spacial score (nSPS) is 15.5. The van der Waals surface area contributed by atoms with Crippen molar-refractivity contribution in [3.05, 3.63) is 35.4 Å². The van der Waals surface area contributed by atoms with Crippen LogP contribution in [0, 0.1) is 4.78 Å². The zero-order valence-electron chi connectivity index (χ0n) is 14.8. The summed E-state index contributed by atoms with van der Waals surface area (Å²) in [4.78, 5) is 22.3. The number of benzene rings is 1. The lowest BCUT2D eigenvalue weighted by Crippen LogP contribution is -2.27. The van der Waals surface area contributed by atoms with Crippen molar-refractivity contribution in [3.63, 3.8) is 0 Å². The Labute approximate surface area is 162 Å². The zero-order valence-corrected chi connectivity index (χ0v) is 16.3. The Morgan fingerprint density at radius 1 is 1.33 bits per heavy atom. The fourth-order valence-electron chi connectivity index (χ4n) is 2.80. The number of rotatable bonds is 7. The number of nitrogens with two attached hydrogens (primary N) is 1. The van der Waals surface area contributed by atoms with E-state index in [2.05, 4.69) is 9.97 Å². The molecule has 3 N–H and O–H groups in total. The van der Waals surface area contributed by atoms with Crippen LogP contribution in [0.25, 0.3) is 0 Å². The predicted octanol–water partition coefficient (Wildman–Crippen LogP) is 2.19. The van der Waals surface area contributed by atoms with Gasteiger partial charge >= 0.3 is 0 Å².